The Labute approximate surface area is 152 Å². The van der Waals surface area contributed by atoms with Crippen molar-refractivity contribution in [2.24, 2.45) is 0 Å². The third-order valence-electron chi connectivity index (χ3n) is 3.01. The largest absolute Gasteiger partial charge is 0.353 e. The van der Waals surface area contributed by atoms with Crippen LogP contribution in [0.5, 0.6) is 0 Å². The van der Waals surface area contributed by atoms with Crippen LogP contribution in [-0.4, -0.2) is 28.0 Å². The average Bonchev–Trinajstić information content (AvgIpc) is 2.58. The molecule has 0 aliphatic heterocycles. The molecule has 1 aromatic carbocycles. The number of hydrogen-bond donors (Lipinski definition) is 1. The van der Waals surface area contributed by atoms with Gasteiger partial charge in [-0.15, -0.1) is 0 Å². The third-order valence-corrected chi connectivity index (χ3v) is 3.83. The van der Waals surface area contributed by atoms with Crippen molar-refractivity contribution < 1.29 is 4.92 Å². The lowest BCUT2D eigenvalue weighted by Gasteiger charge is -2.17. The normalized spacial score (nSPS) is 9.76. The summed E-state index contributed by atoms with van der Waals surface area (Å²) in [5.74, 6) is -0.288. The first-order chi connectivity index (χ1) is 12.0. The Kier molecular flexibility index (Phi) is 5.90. The molecule has 1 aromatic heterocycles. The predicted octanol–water partition coefficient (Wildman–Crippen LogP) is 3.29. The summed E-state index contributed by atoms with van der Waals surface area (Å²) in [4.78, 5) is 19.7. The minimum atomic E-state index is -0.697. The van der Waals surface area contributed by atoms with Gasteiger partial charge in [0.25, 0.3) is 0 Å². The van der Waals surface area contributed by atoms with E-state index in [1.165, 1.54) is 4.90 Å². The number of nitrogens with one attached hydrogen (secondary N) is 1. The highest BCUT2D eigenvalue weighted by atomic mass is 35.5. The predicted molar refractivity (Wildman–Crippen MR) is 91.9 cm³/mol. The third kappa shape index (κ3) is 4.04. The summed E-state index contributed by atoms with van der Waals surface area (Å²) in [7, 11) is 0. The number of hydrogen-bond acceptors (Lipinski definition) is 8. The highest BCUT2D eigenvalue weighted by Gasteiger charge is 2.27. The van der Waals surface area contributed by atoms with Gasteiger partial charge in [-0.2, -0.15) is 10.5 Å². The molecule has 25 heavy (non-hydrogen) atoms. The first kappa shape index (κ1) is 18.2. The molecule has 1 heterocycles. The van der Waals surface area contributed by atoms with Crippen molar-refractivity contribution in [2.45, 2.75) is 0 Å². The van der Waals surface area contributed by atoms with E-state index in [0.717, 1.165) is 6.33 Å². The van der Waals surface area contributed by atoms with Gasteiger partial charge >= 0.3 is 5.69 Å². The Balaban J connectivity index is 2.54. The Morgan fingerprint density at radius 3 is 2.52 bits per heavy atom. The van der Waals surface area contributed by atoms with E-state index >= 15 is 0 Å². The molecule has 0 atom stereocenters. The van der Waals surface area contributed by atoms with Gasteiger partial charge in [0.1, 0.15) is 19.4 Å². The summed E-state index contributed by atoms with van der Waals surface area (Å²) in [5.41, 5.74) is -0.168. The van der Waals surface area contributed by atoms with Gasteiger partial charge < -0.3 is 10.2 Å². The van der Waals surface area contributed by atoms with E-state index in [1.54, 1.807) is 18.2 Å². The Hall–Kier alpha value is -3.14. The van der Waals surface area contributed by atoms with E-state index < -0.39 is 10.6 Å². The number of nitrogens with zero attached hydrogens (tertiary/aromatic N) is 6. The number of nitro groups is 1. The number of anilines is 3. The lowest BCUT2D eigenvalue weighted by molar-refractivity contribution is -0.383. The fraction of sp³-hybridized carbons (Fsp3) is 0.143. The Bertz CT molecular complexity index is 876. The first-order valence-electron chi connectivity index (χ1n) is 6.68. The highest BCUT2D eigenvalue weighted by Crippen LogP contribution is 2.36. The van der Waals surface area contributed by atoms with Crippen LogP contribution >= 0.6 is 23.2 Å². The first-order valence-corrected chi connectivity index (χ1v) is 7.44. The van der Waals surface area contributed by atoms with Crippen molar-refractivity contribution >= 4 is 46.2 Å². The number of nitriles is 2. The molecular formula is C14H9Cl2N7O2. The molecule has 0 aliphatic carbocycles. The Morgan fingerprint density at radius 2 is 1.92 bits per heavy atom. The van der Waals surface area contributed by atoms with Crippen molar-refractivity contribution in [1.29, 1.82) is 10.5 Å². The zero-order chi connectivity index (χ0) is 18.4. The fourth-order valence-electron chi connectivity index (χ4n) is 1.96. The van der Waals surface area contributed by atoms with Crippen LogP contribution in [0.4, 0.5) is 23.0 Å². The SMILES string of the molecule is N#CCN(CC#N)c1ncnc(Nc2cccc(Cl)c2Cl)c1[N+](=O)[O-]. The second-order valence-electron chi connectivity index (χ2n) is 4.55. The monoisotopic (exact) mass is 377 g/mol. The number of rotatable bonds is 6. The summed E-state index contributed by atoms with van der Waals surface area (Å²) in [6, 6.07) is 8.42. The topological polar surface area (TPSA) is 132 Å². The van der Waals surface area contributed by atoms with Crippen LogP contribution in [0.2, 0.25) is 10.0 Å². The van der Waals surface area contributed by atoms with Gasteiger partial charge in [-0.05, 0) is 12.1 Å². The van der Waals surface area contributed by atoms with Crippen molar-refractivity contribution in [1.82, 2.24) is 9.97 Å². The molecule has 0 aliphatic rings. The molecule has 0 saturated carbocycles. The van der Waals surface area contributed by atoms with Crippen LogP contribution in [-0.2, 0) is 0 Å². The molecule has 2 rings (SSSR count). The molecule has 11 heteroatoms. The maximum Gasteiger partial charge on any atom is 0.353 e. The molecular weight excluding hydrogens is 369 g/mol. The molecule has 126 valence electrons. The minimum Gasteiger partial charge on any atom is -0.333 e. The van der Waals surface area contributed by atoms with E-state index in [-0.39, 0.29) is 34.8 Å². The van der Waals surface area contributed by atoms with Gasteiger partial charge in [0.15, 0.2) is 0 Å². The molecule has 0 saturated heterocycles. The van der Waals surface area contributed by atoms with Crippen LogP contribution in [0.15, 0.2) is 24.5 Å². The van der Waals surface area contributed by atoms with Crippen LogP contribution in [0.3, 0.4) is 0 Å². The van der Waals surface area contributed by atoms with Crippen LogP contribution in [0.25, 0.3) is 0 Å². The smallest absolute Gasteiger partial charge is 0.333 e. The lowest BCUT2D eigenvalue weighted by atomic mass is 10.3. The van der Waals surface area contributed by atoms with Crippen molar-refractivity contribution in [3.8, 4) is 12.1 Å². The molecule has 0 radical (unpaired) electrons. The van der Waals surface area contributed by atoms with Gasteiger partial charge in [-0.3, -0.25) is 10.1 Å². The summed E-state index contributed by atoms with van der Waals surface area (Å²) >= 11 is 12.0. The second kappa shape index (κ2) is 8.11. The van der Waals surface area contributed by atoms with Crippen molar-refractivity contribution in [2.75, 3.05) is 23.3 Å². The van der Waals surface area contributed by atoms with Crippen molar-refractivity contribution in [3.05, 3.63) is 44.7 Å². The number of benzene rings is 1. The van der Waals surface area contributed by atoms with Crippen molar-refractivity contribution in [3.63, 3.8) is 0 Å². The van der Waals surface area contributed by atoms with E-state index in [1.807, 2.05) is 12.1 Å². The standard InChI is InChI=1S/C14H9Cl2N7O2/c15-9-2-1-3-10(11(9)16)21-13-12(23(24)25)14(20-8-19-13)22(6-4-17)7-5-18/h1-3,8H,6-7H2,(H,19,20,21). The molecule has 1 N–H and O–H groups in total. The fourth-order valence-corrected chi connectivity index (χ4v) is 2.31. The van der Waals surface area contributed by atoms with E-state index in [2.05, 4.69) is 15.3 Å². The molecule has 9 nitrogen and oxygen atoms in total. The molecule has 0 bridgehead atoms. The zero-order valence-corrected chi connectivity index (χ0v) is 14.0. The van der Waals surface area contributed by atoms with Gasteiger partial charge in [0.05, 0.1) is 32.8 Å². The molecule has 0 unspecified atom stereocenters. The maximum atomic E-state index is 11.5. The molecule has 0 amide bonds. The molecule has 2 aromatic rings. The maximum absolute atomic E-state index is 11.5. The highest BCUT2D eigenvalue weighted by molar-refractivity contribution is 6.43. The van der Waals surface area contributed by atoms with Crippen LogP contribution in [0.1, 0.15) is 0 Å². The van der Waals surface area contributed by atoms with Crippen LogP contribution < -0.4 is 10.2 Å². The zero-order valence-electron chi connectivity index (χ0n) is 12.5. The van der Waals surface area contributed by atoms with Gasteiger partial charge in [-0.25, -0.2) is 9.97 Å². The quantitative estimate of drug-likeness (QED) is 0.460. The Morgan fingerprint density at radius 1 is 1.24 bits per heavy atom. The lowest BCUT2D eigenvalue weighted by Crippen LogP contribution is -2.26. The summed E-state index contributed by atoms with van der Waals surface area (Å²) in [5, 5.41) is 32.4. The molecule has 0 spiro atoms. The number of halogens is 2. The van der Waals surface area contributed by atoms with Gasteiger partial charge in [0, 0.05) is 0 Å². The summed E-state index contributed by atoms with van der Waals surface area (Å²) in [6.45, 7) is -0.494. The number of aromatic nitrogens is 2. The summed E-state index contributed by atoms with van der Waals surface area (Å²) in [6.07, 6.45) is 1.09. The van der Waals surface area contributed by atoms with Gasteiger partial charge in [-0.1, -0.05) is 29.3 Å². The average molecular weight is 378 g/mol. The molecule has 0 fully saturated rings. The van der Waals surface area contributed by atoms with E-state index in [9.17, 15) is 10.1 Å². The van der Waals surface area contributed by atoms with Gasteiger partial charge in [0.2, 0.25) is 11.6 Å². The van der Waals surface area contributed by atoms with E-state index in [4.69, 9.17) is 33.7 Å². The van der Waals surface area contributed by atoms with E-state index in [0.29, 0.717) is 5.69 Å². The second-order valence-corrected chi connectivity index (χ2v) is 5.34. The summed E-state index contributed by atoms with van der Waals surface area (Å²) < 4.78 is 0. The minimum absolute atomic E-state index is 0.139. The van der Waals surface area contributed by atoms with Crippen LogP contribution in [0, 0.1) is 32.8 Å².